The van der Waals surface area contributed by atoms with E-state index in [1.54, 1.807) is 36.7 Å². The summed E-state index contributed by atoms with van der Waals surface area (Å²) in [5, 5.41) is 6.41. The number of pyridine rings is 2. The zero-order valence-electron chi connectivity index (χ0n) is 17.8. The van der Waals surface area contributed by atoms with E-state index in [2.05, 4.69) is 25.5 Å². The van der Waals surface area contributed by atoms with Gasteiger partial charge in [-0.1, -0.05) is 18.2 Å². The largest absolute Gasteiger partial charge is 0.384 e. The van der Waals surface area contributed by atoms with Crippen molar-refractivity contribution in [2.24, 2.45) is 0 Å². The van der Waals surface area contributed by atoms with Gasteiger partial charge in [0.2, 0.25) is 0 Å². The number of nitrogen functional groups attached to an aromatic ring is 1. The van der Waals surface area contributed by atoms with Gasteiger partial charge in [-0.05, 0) is 60.7 Å². The number of carbonyl (C=O) groups excluding carboxylic acids is 1. The van der Waals surface area contributed by atoms with Crippen LogP contribution < -0.4 is 21.3 Å². The van der Waals surface area contributed by atoms with Gasteiger partial charge in [-0.3, -0.25) is 10.1 Å². The molecule has 1 fully saturated rings. The highest BCUT2D eigenvalue weighted by Crippen LogP contribution is 2.22. The molecule has 0 saturated carbocycles. The molecule has 1 amide bonds. The predicted octanol–water partition coefficient (Wildman–Crippen LogP) is 2.89. The van der Waals surface area contributed by atoms with Crippen molar-refractivity contribution in [3.63, 3.8) is 0 Å². The lowest BCUT2D eigenvalue weighted by atomic mass is 10.1. The molecular weight excluding hydrogens is 407 g/mol. The average Bonchev–Trinajstić information content (AvgIpc) is 3.27. The van der Waals surface area contributed by atoms with Gasteiger partial charge in [0.1, 0.15) is 17.5 Å². The van der Waals surface area contributed by atoms with Crippen LogP contribution in [0.1, 0.15) is 34.3 Å². The lowest BCUT2D eigenvalue weighted by Crippen LogP contribution is -2.42. The van der Waals surface area contributed by atoms with Gasteiger partial charge >= 0.3 is 0 Å². The fraction of sp³-hybridized carbons (Fsp3) is 0.292. The lowest BCUT2D eigenvalue weighted by Gasteiger charge is -2.26. The van der Waals surface area contributed by atoms with Crippen molar-refractivity contribution in [2.45, 2.75) is 32.0 Å². The number of anilines is 2. The van der Waals surface area contributed by atoms with Gasteiger partial charge in [-0.15, -0.1) is 0 Å². The van der Waals surface area contributed by atoms with Crippen molar-refractivity contribution >= 4 is 17.5 Å². The Kier molecular flexibility index (Phi) is 6.91. The molecule has 3 aromatic rings. The fourth-order valence-electron chi connectivity index (χ4n) is 3.84. The molecule has 4 N–H and O–H groups in total. The van der Waals surface area contributed by atoms with Crippen molar-refractivity contribution in [3.8, 4) is 0 Å². The van der Waals surface area contributed by atoms with E-state index >= 15 is 0 Å². The minimum absolute atomic E-state index is 0.175. The summed E-state index contributed by atoms with van der Waals surface area (Å²) in [6.07, 6.45) is 6.27. The molecule has 3 heterocycles. The third-order valence-electron chi connectivity index (χ3n) is 5.54. The van der Waals surface area contributed by atoms with Crippen LogP contribution in [0, 0.1) is 5.82 Å². The maximum atomic E-state index is 13.3. The monoisotopic (exact) mass is 434 g/mol. The number of aromatic nitrogens is 2. The third kappa shape index (κ3) is 5.59. The topological polar surface area (TPSA) is 96.2 Å². The number of carbonyl (C=O) groups is 1. The van der Waals surface area contributed by atoms with Gasteiger partial charge in [-0.2, -0.15) is 0 Å². The second kappa shape index (κ2) is 10.2. The number of amides is 1. The Labute approximate surface area is 186 Å². The quantitative estimate of drug-likeness (QED) is 0.505. The molecule has 1 aromatic carbocycles. The molecule has 0 spiro atoms. The average molecular weight is 435 g/mol. The third-order valence-corrected chi connectivity index (χ3v) is 5.54. The zero-order valence-corrected chi connectivity index (χ0v) is 17.8. The summed E-state index contributed by atoms with van der Waals surface area (Å²) in [5.41, 5.74) is 7.94. The van der Waals surface area contributed by atoms with Crippen LogP contribution in [0.2, 0.25) is 0 Å². The summed E-state index contributed by atoms with van der Waals surface area (Å²) in [4.78, 5) is 23.2. The van der Waals surface area contributed by atoms with Gasteiger partial charge in [0.05, 0.1) is 11.7 Å². The smallest absolute Gasteiger partial charge is 0.253 e. The lowest BCUT2D eigenvalue weighted by molar-refractivity contribution is 0.0950. The Bertz CT molecular complexity index is 1040. The fourth-order valence-corrected chi connectivity index (χ4v) is 3.84. The van der Waals surface area contributed by atoms with Gasteiger partial charge in [-0.25, -0.2) is 14.4 Å². The number of nitrogens with two attached hydrogens (primary N) is 1. The molecule has 0 aliphatic carbocycles. The van der Waals surface area contributed by atoms with Crippen molar-refractivity contribution in [3.05, 3.63) is 83.4 Å². The molecule has 0 bridgehead atoms. The summed E-state index contributed by atoms with van der Waals surface area (Å²) in [5.74, 6) is 0.893. The summed E-state index contributed by atoms with van der Waals surface area (Å²) < 4.78 is 13.3. The first kappa shape index (κ1) is 21.7. The van der Waals surface area contributed by atoms with E-state index < -0.39 is 0 Å². The Morgan fingerprint density at radius 3 is 2.78 bits per heavy atom. The van der Waals surface area contributed by atoms with Gasteiger partial charge in [0, 0.05) is 32.0 Å². The first-order valence-corrected chi connectivity index (χ1v) is 10.8. The van der Waals surface area contributed by atoms with Crippen LogP contribution in [0.4, 0.5) is 16.0 Å². The highest BCUT2D eigenvalue weighted by molar-refractivity contribution is 5.94. The maximum Gasteiger partial charge on any atom is 0.253 e. The molecule has 8 heteroatoms. The molecule has 0 radical (unpaired) electrons. The van der Waals surface area contributed by atoms with Crippen molar-refractivity contribution < 1.29 is 9.18 Å². The van der Waals surface area contributed by atoms with Crippen LogP contribution in [0.25, 0.3) is 0 Å². The molecular formula is C24H27FN6O. The maximum absolute atomic E-state index is 13.3. The molecule has 1 aliphatic rings. The van der Waals surface area contributed by atoms with Crippen LogP contribution in [0.5, 0.6) is 0 Å². The Hall–Kier alpha value is -3.52. The molecule has 32 heavy (non-hydrogen) atoms. The SMILES string of the molecule is Nc1ccc(CNC(=O)c2ccc(N3CCCC3NCCc3cccc(F)c3)nc2)cn1. The predicted molar refractivity (Wildman–Crippen MR) is 123 cm³/mol. The van der Waals surface area contributed by atoms with E-state index in [-0.39, 0.29) is 17.9 Å². The molecule has 2 aromatic heterocycles. The number of benzene rings is 1. The summed E-state index contributed by atoms with van der Waals surface area (Å²) >= 11 is 0. The minimum atomic E-state index is -0.205. The first-order valence-electron chi connectivity index (χ1n) is 10.8. The Morgan fingerprint density at radius 1 is 1.12 bits per heavy atom. The highest BCUT2D eigenvalue weighted by Gasteiger charge is 2.25. The van der Waals surface area contributed by atoms with Crippen LogP contribution in [-0.4, -0.2) is 35.1 Å². The number of nitrogens with zero attached hydrogens (tertiary/aromatic N) is 3. The van der Waals surface area contributed by atoms with E-state index in [1.807, 2.05) is 18.2 Å². The highest BCUT2D eigenvalue weighted by atomic mass is 19.1. The minimum Gasteiger partial charge on any atom is -0.384 e. The van der Waals surface area contributed by atoms with Crippen molar-refractivity contribution in [1.29, 1.82) is 0 Å². The van der Waals surface area contributed by atoms with Crippen LogP contribution in [0.15, 0.2) is 60.9 Å². The molecule has 1 saturated heterocycles. The van der Waals surface area contributed by atoms with Crippen molar-refractivity contribution in [1.82, 2.24) is 20.6 Å². The standard InChI is InChI=1S/C24H27FN6O/c25-20-4-1-3-17(13-20)10-11-27-22-5-2-12-31(22)23-9-7-19(16-29-23)24(32)30-15-18-6-8-21(26)28-14-18/h1,3-4,6-9,13-14,16,22,27H,2,5,10-12,15H2,(H2,26,28)(H,30,32). The Balaban J connectivity index is 1.30. The number of hydrogen-bond donors (Lipinski definition) is 3. The van der Waals surface area contributed by atoms with Crippen LogP contribution in [-0.2, 0) is 13.0 Å². The number of halogens is 1. The van der Waals surface area contributed by atoms with E-state index in [1.165, 1.54) is 6.07 Å². The second-order valence-corrected chi connectivity index (χ2v) is 7.86. The van der Waals surface area contributed by atoms with Crippen LogP contribution >= 0.6 is 0 Å². The molecule has 7 nitrogen and oxygen atoms in total. The van der Waals surface area contributed by atoms with E-state index in [0.29, 0.717) is 17.9 Å². The van der Waals surface area contributed by atoms with E-state index in [4.69, 9.17) is 5.73 Å². The van der Waals surface area contributed by atoms with E-state index in [9.17, 15) is 9.18 Å². The zero-order chi connectivity index (χ0) is 22.3. The molecule has 1 unspecified atom stereocenters. The second-order valence-electron chi connectivity index (χ2n) is 7.86. The van der Waals surface area contributed by atoms with Gasteiger partial charge in [0.15, 0.2) is 0 Å². The molecule has 1 atom stereocenters. The summed E-state index contributed by atoms with van der Waals surface area (Å²) in [7, 11) is 0. The molecule has 1 aliphatic heterocycles. The summed E-state index contributed by atoms with van der Waals surface area (Å²) in [6.45, 7) is 2.03. The normalized spacial score (nSPS) is 15.7. The van der Waals surface area contributed by atoms with Crippen molar-refractivity contribution in [2.75, 3.05) is 23.7 Å². The Morgan fingerprint density at radius 2 is 2.03 bits per heavy atom. The first-order chi connectivity index (χ1) is 15.6. The van der Waals surface area contributed by atoms with Gasteiger partial charge in [0.25, 0.3) is 5.91 Å². The number of nitrogens with one attached hydrogen (secondary N) is 2. The van der Waals surface area contributed by atoms with Crippen LogP contribution in [0.3, 0.4) is 0 Å². The molecule has 166 valence electrons. The van der Waals surface area contributed by atoms with Gasteiger partial charge < -0.3 is 16.0 Å². The van der Waals surface area contributed by atoms with E-state index in [0.717, 1.165) is 49.3 Å². The number of rotatable bonds is 8. The number of hydrogen-bond acceptors (Lipinski definition) is 6. The summed E-state index contributed by atoms with van der Waals surface area (Å²) in [6, 6.07) is 13.9. The molecule has 4 rings (SSSR count).